The van der Waals surface area contributed by atoms with Crippen molar-refractivity contribution in [2.75, 3.05) is 19.1 Å². The number of benzene rings is 2. The van der Waals surface area contributed by atoms with E-state index in [4.69, 9.17) is 22.2 Å². The fraction of sp³-hybridized carbons (Fsp3) is 0.222. The molecule has 4 rings (SSSR count). The van der Waals surface area contributed by atoms with Gasteiger partial charge in [0.1, 0.15) is 17.3 Å². The Kier molecular flexibility index (Phi) is 8.43. The third-order valence-corrected chi connectivity index (χ3v) is 7.12. The first-order chi connectivity index (χ1) is 18.2. The molecule has 2 aromatic heterocycles. The zero-order chi connectivity index (χ0) is 27.4. The largest absolute Gasteiger partial charge is 0.495 e. The summed E-state index contributed by atoms with van der Waals surface area (Å²) in [5, 5.41) is 4.22. The minimum atomic E-state index is -1.10. The minimum Gasteiger partial charge on any atom is -0.495 e. The first-order valence-electron chi connectivity index (χ1n) is 11.7. The van der Waals surface area contributed by atoms with Gasteiger partial charge in [0.05, 0.1) is 41.4 Å². The predicted octanol–water partition coefficient (Wildman–Crippen LogP) is 4.21. The molecule has 2 heterocycles. The van der Waals surface area contributed by atoms with E-state index in [0.717, 1.165) is 11.4 Å². The van der Waals surface area contributed by atoms with Crippen molar-refractivity contribution in [2.24, 2.45) is 10.9 Å². The number of hydrogen-bond acceptors (Lipinski definition) is 6. The van der Waals surface area contributed by atoms with Gasteiger partial charge in [0.15, 0.2) is 0 Å². The number of aryl methyl sites for hydroxylation is 1. The molecule has 0 amide bonds. The molecule has 0 aliphatic carbocycles. The van der Waals surface area contributed by atoms with E-state index in [9.17, 15) is 13.4 Å². The van der Waals surface area contributed by atoms with E-state index in [2.05, 4.69) is 10.1 Å². The lowest BCUT2D eigenvalue weighted by Gasteiger charge is -2.22. The second-order valence-corrected chi connectivity index (χ2v) is 10.7. The number of ether oxygens (including phenoxy) is 1. The number of hydrogen-bond donors (Lipinski definition) is 1. The Bertz CT molecular complexity index is 1570. The highest BCUT2D eigenvalue weighted by atomic mass is 35.5. The number of hydrazone groups is 1. The van der Waals surface area contributed by atoms with Crippen LogP contribution in [0.2, 0.25) is 5.02 Å². The van der Waals surface area contributed by atoms with Gasteiger partial charge in [-0.05, 0) is 49.2 Å². The van der Waals surface area contributed by atoms with Crippen molar-refractivity contribution in [3.63, 3.8) is 0 Å². The van der Waals surface area contributed by atoms with Crippen molar-refractivity contribution >= 4 is 28.1 Å². The summed E-state index contributed by atoms with van der Waals surface area (Å²) in [5.74, 6) is 6.27. The summed E-state index contributed by atoms with van der Waals surface area (Å²) in [4.78, 5) is 18.1. The Labute approximate surface area is 227 Å². The summed E-state index contributed by atoms with van der Waals surface area (Å²) in [5.41, 5.74) is 2.82. The van der Waals surface area contributed by atoms with Crippen molar-refractivity contribution < 1.29 is 13.3 Å². The first kappa shape index (κ1) is 27.3. The number of aromatic nitrogens is 3. The molecule has 2 unspecified atom stereocenters. The summed E-state index contributed by atoms with van der Waals surface area (Å²) < 4.78 is 34.4. The Morgan fingerprint density at radius 3 is 2.55 bits per heavy atom. The molecule has 2 N–H and O–H groups in total. The maximum absolute atomic E-state index is 13.8. The van der Waals surface area contributed by atoms with Crippen LogP contribution in [0.4, 0.5) is 4.39 Å². The van der Waals surface area contributed by atoms with Gasteiger partial charge in [-0.15, -0.1) is 0 Å². The van der Waals surface area contributed by atoms with Crippen molar-refractivity contribution in [1.82, 2.24) is 14.1 Å². The van der Waals surface area contributed by atoms with Crippen LogP contribution in [0.15, 0.2) is 77.1 Å². The Morgan fingerprint density at radius 1 is 1.21 bits per heavy atom. The number of nitrogens with zero attached hydrogens (tertiary/aromatic N) is 4. The standard InChI is InChI=1S/C27H27ClFN5O3S/c1-17-14-33(16-31-17)24-9-6-19(12-25(24)37-2)26(32-30)22-13-20(28)15-34(27(22)35)23(10-11-38(3)36)18-4-7-21(29)8-5-18/h4-9,12-16,23H,10-11,30H2,1-3H3. The third kappa shape index (κ3) is 5.87. The molecule has 0 saturated carbocycles. The van der Waals surface area contributed by atoms with Crippen molar-refractivity contribution in [3.8, 4) is 11.4 Å². The highest BCUT2D eigenvalue weighted by Crippen LogP contribution is 2.27. The zero-order valence-corrected chi connectivity index (χ0v) is 22.7. The topological polar surface area (TPSA) is 105 Å². The molecular formula is C27H27ClFN5O3S. The van der Waals surface area contributed by atoms with Crippen LogP contribution in [0, 0.1) is 12.7 Å². The SMILES string of the molecule is COc1cc(C(=NN)c2cc(Cl)cn(C(CCS(C)=O)c3ccc(F)cc3)c2=O)ccc1-n1cnc(C)c1. The molecule has 0 radical (unpaired) electrons. The van der Waals surface area contributed by atoms with Gasteiger partial charge >= 0.3 is 0 Å². The van der Waals surface area contributed by atoms with Gasteiger partial charge < -0.3 is 19.7 Å². The third-order valence-electron chi connectivity index (χ3n) is 6.11. The normalized spacial score (nSPS) is 13.3. The molecule has 0 spiro atoms. The van der Waals surface area contributed by atoms with Crippen LogP contribution in [0.3, 0.4) is 0 Å². The van der Waals surface area contributed by atoms with Crippen LogP contribution < -0.4 is 16.1 Å². The van der Waals surface area contributed by atoms with E-state index in [0.29, 0.717) is 29.1 Å². The number of halogens is 2. The summed E-state index contributed by atoms with van der Waals surface area (Å²) >= 11 is 6.49. The fourth-order valence-electron chi connectivity index (χ4n) is 4.29. The monoisotopic (exact) mass is 555 g/mol. The van der Waals surface area contributed by atoms with E-state index >= 15 is 0 Å². The highest BCUT2D eigenvalue weighted by Gasteiger charge is 2.22. The van der Waals surface area contributed by atoms with Crippen LogP contribution in [0.1, 0.15) is 34.8 Å². The summed E-state index contributed by atoms with van der Waals surface area (Å²) in [6.45, 7) is 1.89. The van der Waals surface area contributed by atoms with Gasteiger partial charge in [0.25, 0.3) is 5.56 Å². The molecular weight excluding hydrogens is 529 g/mol. The number of nitrogens with two attached hydrogens (primary N) is 1. The summed E-state index contributed by atoms with van der Waals surface area (Å²) in [6, 6.07) is 12.2. The second-order valence-electron chi connectivity index (χ2n) is 8.70. The number of pyridine rings is 1. The molecule has 11 heteroatoms. The molecule has 8 nitrogen and oxygen atoms in total. The zero-order valence-electron chi connectivity index (χ0n) is 21.1. The smallest absolute Gasteiger partial charge is 0.260 e. The molecule has 2 atom stereocenters. The van der Waals surface area contributed by atoms with Gasteiger partial charge in [0.2, 0.25) is 0 Å². The lowest BCUT2D eigenvalue weighted by molar-refractivity contribution is 0.413. The van der Waals surface area contributed by atoms with Crippen LogP contribution in [0.5, 0.6) is 5.75 Å². The average molecular weight is 556 g/mol. The molecule has 0 saturated heterocycles. The molecule has 2 aromatic carbocycles. The fourth-order valence-corrected chi connectivity index (χ4v) is 5.06. The van der Waals surface area contributed by atoms with Crippen LogP contribution in [0.25, 0.3) is 5.69 Å². The van der Waals surface area contributed by atoms with Gasteiger partial charge in [0, 0.05) is 40.8 Å². The molecule has 0 aliphatic heterocycles. The van der Waals surface area contributed by atoms with E-state index in [1.807, 2.05) is 23.8 Å². The van der Waals surface area contributed by atoms with Gasteiger partial charge in [-0.3, -0.25) is 9.00 Å². The number of rotatable bonds is 9. The number of methoxy groups -OCH3 is 1. The van der Waals surface area contributed by atoms with Crippen LogP contribution >= 0.6 is 11.6 Å². The van der Waals surface area contributed by atoms with E-state index in [1.165, 1.54) is 29.0 Å². The molecule has 4 aromatic rings. The van der Waals surface area contributed by atoms with Crippen molar-refractivity contribution in [2.45, 2.75) is 19.4 Å². The molecule has 0 bridgehead atoms. The van der Waals surface area contributed by atoms with Crippen LogP contribution in [-0.4, -0.2) is 43.2 Å². The Balaban J connectivity index is 1.82. The molecule has 0 aliphatic rings. The summed E-state index contributed by atoms with van der Waals surface area (Å²) in [6.07, 6.45) is 7.02. The van der Waals surface area contributed by atoms with Gasteiger partial charge in [-0.1, -0.05) is 29.8 Å². The highest BCUT2D eigenvalue weighted by molar-refractivity contribution is 7.84. The van der Waals surface area contributed by atoms with Crippen molar-refractivity contribution in [3.05, 3.63) is 111 Å². The molecule has 198 valence electrons. The number of imidazole rings is 1. The summed E-state index contributed by atoms with van der Waals surface area (Å²) in [7, 11) is 0.442. The van der Waals surface area contributed by atoms with Crippen molar-refractivity contribution in [1.29, 1.82) is 0 Å². The Hall–Kier alpha value is -3.76. The first-order valence-corrected chi connectivity index (χ1v) is 13.8. The minimum absolute atomic E-state index is 0.179. The maximum atomic E-state index is 13.8. The van der Waals surface area contributed by atoms with E-state index < -0.39 is 28.2 Å². The second kappa shape index (κ2) is 11.7. The molecule has 0 fully saturated rings. The average Bonchev–Trinajstić information content (AvgIpc) is 3.33. The van der Waals surface area contributed by atoms with Gasteiger partial charge in [-0.25, -0.2) is 9.37 Å². The quantitative estimate of drug-likeness (QED) is 0.189. The van der Waals surface area contributed by atoms with E-state index in [-0.39, 0.29) is 16.3 Å². The predicted molar refractivity (Wildman–Crippen MR) is 148 cm³/mol. The lowest BCUT2D eigenvalue weighted by Crippen LogP contribution is -2.31. The van der Waals surface area contributed by atoms with Gasteiger partial charge in [-0.2, -0.15) is 5.10 Å². The Morgan fingerprint density at radius 2 is 1.95 bits per heavy atom. The van der Waals surface area contributed by atoms with E-state index in [1.54, 1.807) is 44.0 Å². The molecule has 38 heavy (non-hydrogen) atoms. The van der Waals surface area contributed by atoms with Crippen LogP contribution in [-0.2, 0) is 10.8 Å². The lowest BCUT2D eigenvalue weighted by atomic mass is 10.0. The maximum Gasteiger partial charge on any atom is 0.260 e.